The smallest absolute Gasteiger partial charge is 0.122 e. The highest BCUT2D eigenvalue weighted by atomic mass is 19.1. The van der Waals surface area contributed by atoms with Crippen LogP contribution in [-0.4, -0.2) is 0 Å². The van der Waals surface area contributed by atoms with Gasteiger partial charge < -0.3 is 0 Å². The molecule has 0 nitrogen and oxygen atoms in total. The van der Waals surface area contributed by atoms with Gasteiger partial charge in [-0.3, -0.25) is 0 Å². The second-order valence-corrected chi connectivity index (χ2v) is 6.34. The molecule has 0 rings (SSSR count). The maximum absolute atomic E-state index is 14.5. The fourth-order valence-electron chi connectivity index (χ4n) is 2.35. The Hall–Kier alpha value is -0.590. The minimum atomic E-state index is -0.0307. The highest BCUT2D eigenvalue weighted by molar-refractivity contribution is 5.28. The molecule has 1 heteroatoms. The van der Waals surface area contributed by atoms with Gasteiger partial charge in [-0.15, -0.1) is 0 Å². The molecule has 0 aliphatic heterocycles. The van der Waals surface area contributed by atoms with Crippen LogP contribution in [0.5, 0.6) is 0 Å². The summed E-state index contributed by atoms with van der Waals surface area (Å²) in [5.41, 5.74) is 2.15. The molecular formula is C18H33F. The lowest BCUT2D eigenvalue weighted by molar-refractivity contribution is 0.352. The molecule has 0 aromatic heterocycles. The molecule has 0 N–H and O–H groups in total. The van der Waals surface area contributed by atoms with Crippen LogP contribution < -0.4 is 0 Å². The summed E-state index contributed by atoms with van der Waals surface area (Å²) in [6.45, 7) is 17.0. The predicted molar refractivity (Wildman–Crippen MR) is 84.9 cm³/mol. The lowest BCUT2D eigenvalue weighted by atomic mass is 9.75. The van der Waals surface area contributed by atoms with Crippen LogP contribution in [0.3, 0.4) is 0 Å². The van der Waals surface area contributed by atoms with Gasteiger partial charge in [0.2, 0.25) is 0 Å². The van der Waals surface area contributed by atoms with Crippen molar-refractivity contribution < 1.29 is 4.39 Å². The Labute approximate surface area is 120 Å². The van der Waals surface area contributed by atoms with Crippen molar-refractivity contribution >= 4 is 0 Å². The van der Waals surface area contributed by atoms with Gasteiger partial charge in [0.15, 0.2) is 0 Å². The topological polar surface area (TPSA) is 0 Å². The van der Waals surface area contributed by atoms with Crippen molar-refractivity contribution in [3.8, 4) is 0 Å². The average molecular weight is 268 g/mol. The van der Waals surface area contributed by atoms with E-state index in [-0.39, 0.29) is 16.7 Å². The zero-order chi connectivity index (χ0) is 15.3. The molecule has 0 saturated heterocycles. The van der Waals surface area contributed by atoms with E-state index in [1.54, 1.807) is 6.08 Å². The molecule has 0 heterocycles. The Morgan fingerprint density at radius 3 is 1.53 bits per heavy atom. The van der Waals surface area contributed by atoms with Crippen molar-refractivity contribution in [1.29, 1.82) is 0 Å². The number of allylic oxidation sites excluding steroid dienone is 4. The summed E-state index contributed by atoms with van der Waals surface area (Å²) in [5.74, 6) is -0.0307. The van der Waals surface area contributed by atoms with Crippen LogP contribution in [0.15, 0.2) is 23.0 Å². The van der Waals surface area contributed by atoms with Gasteiger partial charge >= 0.3 is 0 Å². The molecule has 0 bridgehead atoms. The zero-order valence-electron chi connectivity index (χ0n) is 14.3. The van der Waals surface area contributed by atoms with Crippen LogP contribution in [0.1, 0.15) is 81.1 Å². The van der Waals surface area contributed by atoms with Crippen LogP contribution in [0.4, 0.5) is 4.39 Å². The van der Waals surface area contributed by atoms with Gasteiger partial charge in [0.05, 0.1) is 0 Å². The van der Waals surface area contributed by atoms with E-state index in [9.17, 15) is 4.39 Å². The molecule has 0 saturated carbocycles. The third-order valence-corrected chi connectivity index (χ3v) is 5.68. The summed E-state index contributed by atoms with van der Waals surface area (Å²) in [6, 6.07) is 0. The van der Waals surface area contributed by atoms with E-state index in [0.717, 1.165) is 36.8 Å². The lowest BCUT2D eigenvalue weighted by Crippen LogP contribution is -2.18. The molecule has 0 aliphatic rings. The highest BCUT2D eigenvalue weighted by Crippen LogP contribution is 2.39. The van der Waals surface area contributed by atoms with Crippen LogP contribution in [-0.2, 0) is 0 Å². The van der Waals surface area contributed by atoms with E-state index < -0.39 is 0 Å². The molecule has 0 aromatic rings. The molecule has 0 aromatic carbocycles. The molecular weight excluding hydrogens is 235 g/mol. The second kappa shape index (κ2) is 7.26. The van der Waals surface area contributed by atoms with Gasteiger partial charge in [0.1, 0.15) is 5.83 Å². The third kappa shape index (κ3) is 4.19. The molecule has 0 spiro atoms. The van der Waals surface area contributed by atoms with Crippen LogP contribution in [0, 0.1) is 10.8 Å². The Bertz CT molecular complexity index is 339. The molecule has 19 heavy (non-hydrogen) atoms. The van der Waals surface area contributed by atoms with Crippen LogP contribution >= 0.6 is 0 Å². The van der Waals surface area contributed by atoms with E-state index >= 15 is 0 Å². The summed E-state index contributed by atoms with van der Waals surface area (Å²) in [7, 11) is 0. The first-order valence-corrected chi connectivity index (χ1v) is 7.76. The highest BCUT2D eigenvalue weighted by Gasteiger charge is 2.26. The van der Waals surface area contributed by atoms with Crippen molar-refractivity contribution in [2.45, 2.75) is 81.1 Å². The summed E-state index contributed by atoms with van der Waals surface area (Å²) in [6.07, 6.45) is 5.84. The molecule has 0 unspecified atom stereocenters. The van der Waals surface area contributed by atoms with E-state index in [0.29, 0.717) is 0 Å². The minimum absolute atomic E-state index is 0.0182. The van der Waals surface area contributed by atoms with Gasteiger partial charge in [0, 0.05) is 0 Å². The van der Waals surface area contributed by atoms with Crippen LogP contribution in [0.25, 0.3) is 0 Å². The summed E-state index contributed by atoms with van der Waals surface area (Å²) < 4.78 is 14.5. The first-order chi connectivity index (χ1) is 8.70. The third-order valence-electron chi connectivity index (χ3n) is 5.68. The molecule has 0 atom stereocenters. The van der Waals surface area contributed by atoms with Gasteiger partial charge in [-0.25, -0.2) is 4.39 Å². The van der Waals surface area contributed by atoms with Crippen molar-refractivity contribution in [2.24, 2.45) is 10.8 Å². The SMILES string of the molecule is CCC(C)(CC)/C(C)=C(F)/C=C(\C)C(C)(CC)CC. The van der Waals surface area contributed by atoms with E-state index in [4.69, 9.17) is 0 Å². The predicted octanol–water partition coefficient (Wildman–Crippen LogP) is 6.83. The summed E-state index contributed by atoms with van der Waals surface area (Å²) in [5, 5.41) is 0. The second-order valence-electron chi connectivity index (χ2n) is 6.34. The monoisotopic (exact) mass is 268 g/mol. The Balaban J connectivity index is 5.48. The maximum Gasteiger partial charge on any atom is 0.122 e. The number of hydrogen-bond donors (Lipinski definition) is 0. The van der Waals surface area contributed by atoms with Crippen LogP contribution in [0.2, 0.25) is 0 Å². The van der Waals surface area contributed by atoms with E-state index in [1.165, 1.54) is 0 Å². The largest absolute Gasteiger partial charge is 0.207 e. The first-order valence-electron chi connectivity index (χ1n) is 7.76. The standard InChI is InChI=1S/C18H33F/c1-9-17(7,10-2)14(5)13-16(19)15(6)18(8,11-3)12-4/h13H,9-12H2,1-8H3/b14-13+,16-15-. The van der Waals surface area contributed by atoms with Gasteiger partial charge in [-0.2, -0.15) is 0 Å². The maximum atomic E-state index is 14.5. The normalized spacial score (nSPS) is 15.5. The van der Waals surface area contributed by atoms with Gasteiger partial charge in [0.25, 0.3) is 0 Å². The fraction of sp³-hybridized carbons (Fsp3) is 0.778. The Morgan fingerprint density at radius 1 is 0.842 bits per heavy atom. The van der Waals surface area contributed by atoms with Gasteiger partial charge in [-0.05, 0) is 62.0 Å². The lowest BCUT2D eigenvalue weighted by Gasteiger charge is -2.30. The molecule has 0 aliphatic carbocycles. The van der Waals surface area contributed by atoms with Crippen molar-refractivity contribution in [1.82, 2.24) is 0 Å². The Kier molecular flexibility index (Phi) is 7.04. The minimum Gasteiger partial charge on any atom is -0.207 e. The fourth-order valence-corrected chi connectivity index (χ4v) is 2.35. The first kappa shape index (κ1) is 18.4. The summed E-state index contributed by atoms with van der Waals surface area (Å²) >= 11 is 0. The number of halogens is 1. The molecule has 0 radical (unpaired) electrons. The summed E-state index contributed by atoms with van der Waals surface area (Å²) in [4.78, 5) is 0. The van der Waals surface area contributed by atoms with Crippen molar-refractivity contribution in [3.05, 3.63) is 23.0 Å². The molecule has 0 amide bonds. The Morgan fingerprint density at radius 2 is 1.21 bits per heavy atom. The van der Waals surface area contributed by atoms with Crippen molar-refractivity contribution in [3.63, 3.8) is 0 Å². The quantitative estimate of drug-likeness (QED) is 0.444. The van der Waals surface area contributed by atoms with E-state index in [1.807, 2.05) is 6.92 Å². The van der Waals surface area contributed by atoms with E-state index in [2.05, 4.69) is 48.5 Å². The van der Waals surface area contributed by atoms with Gasteiger partial charge in [-0.1, -0.05) is 47.1 Å². The zero-order valence-corrected chi connectivity index (χ0v) is 14.3. The van der Waals surface area contributed by atoms with Crippen molar-refractivity contribution in [2.75, 3.05) is 0 Å². The molecule has 112 valence electrons. The number of hydrogen-bond acceptors (Lipinski definition) is 0. The molecule has 0 fully saturated rings. The average Bonchev–Trinajstić information content (AvgIpc) is 2.44. The number of rotatable bonds is 7.